The highest BCUT2D eigenvalue weighted by atomic mass is 35.5. The molecule has 30 heavy (non-hydrogen) atoms. The number of hydrogen-bond donors (Lipinski definition) is 2. The summed E-state index contributed by atoms with van der Waals surface area (Å²) in [5.74, 6) is -1.87. The van der Waals surface area contributed by atoms with E-state index < -0.39 is 23.1 Å². The molecule has 0 aliphatic rings. The topological polar surface area (TPSA) is 74.6 Å². The third-order valence-corrected chi connectivity index (χ3v) is 4.74. The Morgan fingerprint density at radius 1 is 0.633 bits per heavy atom. The van der Waals surface area contributed by atoms with E-state index in [-0.39, 0.29) is 11.1 Å². The average molecular weight is 439 g/mol. The molecular formula is C24H16Cl2O4. The predicted octanol–water partition coefficient (Wildman–Crippen LogP) is 6.20. The molecule has 0 aliphatic heterocycles. The van der Waals surface area contributed by atoms with E-state index in [1.165, 1.54) is 18.2 Å². The summed E-state index contributed by atoms with van der Waals surface area (Å²) < 4.78 is 0. The average Bonchev–Trinajstić information content (AvgIpc) is 2.72. The fourth-order valence-electron chi connectivity index (χ4n) is 2.64. The lowest BCUT2D eigenvalue weighted by atomic mass is 10.0. The van der Waals surface area contributed by atoms with Crippen LogP contribution in [0.25, 0.3) is 12.2 Å². The van der Waals surface area contributed by atoms with Gasteiger partial charge in [-0.15, -0.1) is 0 Å². The van der Waals surface area contributed by atoms with Gasteiger partial charge < -0.3 is 10.2 Å². The summed E-state index contributed by atoms with van der Waals surface area (Å²) in [6.07, 6.45) is 5.67. The maximum absolute atomic E-state index is 12.5. The summed E-state index contributed by atoms with van der Waals surface area (Å²) in [5, 5.41) is 21.3. The molecule has 4 nitrogen and oxygen atoms in total. The number of hydrogen-bond acceptors (Lipinski definition) is 4. The third-order valence-electron chi connectivity index (χ3n) is 4.24. The van der Waals surface area contributed by atoms with Gasteiger partial charge in [-0.1, -0.05) is 59.6 Å². The summed E-state index contributed by atoms with van der Waals surface area (Å²) in [6, 6.07) is 15.8. The molecule has 150 valence electrons. The SMILES string of the molecule is O=C(/C=C/c1ccc(Cl)cc1)c1cc(C(=O)/C=C/c2ccc(Cl)cc2)c(O)cc1O. The highest BCUT2D eigenvalue weighted by molar-refractivity contribution is 6.30. The number of rotatable bonds is 6. The van der Waals surface area contributed by atoms with E-state index in [2.05, 4.69) is 0 Å². The van der Waals surface area contributed by atoms with Crippen molar-refractivity contribution in [3.8, 4) is 11.5 Å². The molecule has 0 heterocycles. The zero-order chi connectivity index (χ0) is 21.7. The first-order valence-electron chi connectivity index (χ1n) is 8.85. The van der Waals surface area contributed by atoms with E-state index >= 15 is 0 Å². The lowest BCUT2D eigenvalue weighted by Gasteiger charge is -2.06. The van der Waals surface area contributed by atoms with Crippen molar-refractivity contribution in [2.24, 2.45) is 0 Å². The molecule has 2 N–H and O–H groups in total. The highest BCUT2D eigenvalue weighted by Crippen LogP contribution is 2.29. The van der Waals surface area contributed by atoms with E-state index in [1.807, 2.05) is 0 Å². The standard InChI is InChI=1S/C24H16Cl2O4/c25-17-7-1-15(2-8-17)5-11-21(27)19-13-20(24(30)14-23(19)29)22(28)12-6-16-3-9-18(26)10-4-16/h1-14,29-30H/b11-5+,12-6+. The van der Waals surface area contributed by atoms with Crippen LogP contribution in [-0.4, -0.2) is 21.8 Å². The summed E-state index contributed by atoms with van der Waals surface area (Å²) >= 11 is 11.7. The van der Waals surface area contributed by atoms with Gasteiger partial charge in [0.15, 0.2) is 11.6 Å². The highest BCUT2D eigenvalue weighted by Gasteiger charge is 2.17. The minimum atomic E-state index is -0.516. The minimum Gasteiger partial charge on any atom is -0.507 e. The van der Waals surface area contributed by atoms with E-state index in [1.54, 1.807) is 60.7 Å². The largest absolute Gasteiger partial charge is 0.507 e. The molecule has 0 saturated heterocycles. The van der Waals surface area contributed by atoms with Gasteiger partial charge in [0, 0.05) is 16.1 Å². The monoisotopic (exact) mass is 438 g/mol. The second-order valence-electron chi connectivity index (χ2n) is 6.38. The number of benzene rings is 3. The van der Waals surface area contributed by atoms with Crippen LogP contribution in [0.5, 0.6) is 11.5 Å². The Labute approximate surface area is 183 Å². The predicted molar refractivity (Wildman–Crippen MR) is 119 cm³/mol. The minimum absolute atomic E-state index is 0.0961. The van der Waals surface area contributed by atoms with Crippen molar-refractivity contribution >= 4 is 46.9 Å². The first-order chi connectivity index (χ1) is 14.3. The Morgan fingerprint density at radius 3 is 1.37 bits per heavy atom. The summed E-state index contributed by atoms with van der Waals surface area (Å²) in [6.45, 7) is 0. The number of phenolic OH excluding ortho intramolecular Hbond substituents is 2. The number of allylic oxidation sites excluding steroid dienone is 2. The number of carbonyl (C=O) groups excluding carboxylic acids is 2. The number of ketones is 2. The van der Waals surface area contributed by atoms with Crippen molar-refractivity contribution in [1.82, 2.24) is 0 Å². The van der Waals surface area contributed by atoms with Crippen LogP contribution in [-0.2, 0) is 0 Å². The molecule has 0 saturated carbocycles. The van der Waals surface area contributed by atoms with E-state index in [9.17, 15) is 19.8 Å². The Hall–Kier alpha value is -3.34. The number of halogens is 2. The van der Waals surface area contributed by atoms with Gasteiger partial charge in [-0.25, -0.2) is 0 Å². The lowest BCUT2D eigenvalue weighted by Crippen LogP contribution is -2.01. The van der Waals surface area contributed by atoms with Gasteiger partial charge in [0.1, 0.15) is 11.5 Å². The molecule has 0 radical (unpaired) electrons. The van der Waals surface area contributed by atoms with Crippen molar-refractivity contribution in [2.45, 2.75) is 0 Å². The number of carbonyl (C=O) groups is 2. The lowest BCUT2D eigenvalue weighted by molar-refractivity contribution is 0.104. The molecule has 3 aromatic rings. The maximum Gasteiger partial charge on any atom is 0.189 e. The first-order valence-corrected chi connectivity index (χ1v) is 9.61. The van der Waals surface area contributed by atoms with Gasteiger partial charge >= 0.3 is 0 Å². The van der Waals surface area contributed by atoms with Gasteiger partial charge in [-0.05, 0) is 53.6 Å². The zero-order valence-electron chi connectivity index (χ0n) is 15.5. The normalized spacial score (nSPS) is 11.3. The smallest absolute Gasteiger partial charge is 0.189 e. The van der Waals surface area contributed by atoms with Crippen LogP contribution in [0.4, 0.5) is 0 Å². The van der Waals surface area contributed by atoms with Crippen molar-refractivity contribution < 1.29 is 19.8 Å². The fourth-order valence-corrected chi connectivity index (χ4v) is 2.90. The molecule has 0 spiro atoms. The quantitative estimate of drug-likeness (QED) is 0.355. The van der Waals surface area contributed by atoms with Crippen LogP contribution in [0, 0.1) is 0 Å². The van der Waals surface area contributed by atoms with Crippen molar-refractivity contribution in [3.05, 3.63) is 105 Å². The van der Waals surface area contributed by atoms with Crippen LogP contribution in [0.15, 0.2) is 72.8 Å². The molecule has 3 rings (SSSR count). The first kappa shape index (κ1) is 21.4. The van der Waals surface area contributed by atoms with Crippen LogP contribution in [0.1, 0.15) is 31.8 Å². The molecule has 3 aromatic carbocycles. The van der Waals surface area contributed by atoms with Gasteiger partial charge in [-0.3, -0.25) is 9.59 Å². The molecule has 6 heteroatoms. The van der Waals surface area contributed by atoms with E-state index in [0.29, 0.717) is 10.0 Å². The van der Waals surface area contributed by atoms with Crippen LogP contribution in [0.2, 0.25) is 10.0 Å². The third kappa shape index (κ3) is 5.38. The van der Waals surface area contributed by atoms with Gasteiger partial charge in [0.2, 0.25) is 0 Å². The summed E-state index contributed by atoms with van der Waals surface area (Å²) in [4.78, 5) is 25.0. The molecule has 0 aliphatic carbocycles. The molecule has 0 amide bonds. The molecule has 0 aromatic heterocycles. The van der Waals surface area contributed by atoms with Crippen LogP contribution in [0.3, 0.4) is 0 Å². The second-order valence-corrected chi connectivity index (χ2v) is 7.26. The van der Waals surface area contributed by atoms with Crippen molar-refractivity contribution in [3.63, 3.8) is 0 Å². The molecule has 0 bridgehead atoms. The van der Waals surface area contributed by atoms with E-state index in [4.69, 9.17) is 23.2 Å². The summed E-state index contributed by atoms with van der Waals surface area (Å²) in [7, 11) is 0. The number of aromatic hydroxyl groups is 2. The summed E-state index contributed by atoms with van der Waals surface area (Å²) in [5.41, 5.74) is 1.30. The van der Waals surface area contributed by atoms with Gasteiger partial charge in [0.25, 0.3) is 0 Å². The molecular weight excluding hydrogens is 423 g/mol. The van der Waals surface area contributed by atoms with Gasteiger partial charge in [0.05, 0.1) is 11.1 Å². The second kappa shape index (κ2) is 9.44. The maximum atomic E-state index is 12.5. The Morgan fingerprint density at radius 2 is 1.00 bits per heavy atom. The van der Waals surface area contributed by atoms with Crippen LogP contribution >= 0.6 is 23.2 Å². The number of phenols is 2. The molecule has 0 atom stereocenters. The fraction of sp³-hybridized carbons (Fsp3) is 0. The van der Waals surface area contributed by atoms with Gasteiger partial charge in [-0.2, -0.15) is 0 Å². The molecule has 0 fully saturated rings. The van der Waals surface area contributed by atoms with Crippen molar-refractivity contribution in [2.75, 3.05) is 0 Å². The van der Waals surface area contributed by atoms with Crippen molar-refractivity contribution in [1.29, 1.82) is 0 Å². The van der Waals surface area contributed by atoms with E-state index in [0.717, 1.165) is 17.2 Å². The zero-order valence-corrected chi connectivity index (χ0v) is 17.1. The Balaban J connectivity index is 1.83. The Bertz CT molecular complexity index is 1060. The Kier molecular flexibility index (Phi) is 6.72. The van der Waals surface area contributed by atoms with Crippen LogP contribution < -0.4 is 0 Å². The molecule has 0 unspecified atom stereocenters.